The third-order valence-corrected chi connectivity index (χ3v) is 4.25. The number of ether oxygens (including phenoxy) is 1. The molecule has 122 valence electrons. The Labute approximate surface area is 144 Å². The van der Waals surface area contributed by atoms with Crippen LogP contribution >= 0.6 is 11.3 Å². The van der Waals surface area contributed by atoms with Crippen molar-refractivity contribution in [3.05, 3.63) is 65.7 Å². The standard InChI is InChI=1S/C19H18N2O2S/c1-2-3-9-23-16-6-4-5-14(10-16)11-19(22)21-15-7-8-17-18(12-15)24-13-20-17/h2-8,10,12-13H,9,11H2,1H3,(H,21,22). The molecule has 0 spiro atoms. The molecule has 0 saturated carbocycles. The summed E-state index contributed by atoms with van der Waals surface area (Å²) in [6, 6.07) is 13.3. The highest BCUT2D eigenvalue weighted by molar-refractivity contribution is 7.16. The Morgan fingerprint density at radius 1 is 1.29 bits per heavy atom. The number of aromatic nitrogens is 1. The van der Waals surface area contributed by atoms with E-state index in [1.807, 2.05) is 61.5 Å². The molecule has 0 saturated heterocycles. The largest absolute Gasteiger partial charge is 0.490 e. The highest BCUT2D eigenvalue weighted by Crippen LogP contribution is 2.22. The second-order valence-electron chi connectivity index (χ2n) is 5.29. The molecule has 0 bridgehead atoms. The molecular weight excluding hydrogens is 320 g/mol. The molecule has 1 heterocycles. The van der Waals surface area contributed by atoms with Gasteiger partial charge in [0.05, 0.1) is 22.1 Å². The van der Waals surface area contributed by atoms with E-state index in [4.69, 9.17) is 4.74 Å². The molecule has 4 nitrogen and oxygen atoms in total. The van der Waals surface area contributed by atoms with Crippen LogP contribution in [0.3, 0.4) is 0 Å². The molecule has 0 atom stereocenters. The van der Waals surface area contributed by atoms with Crippen molar-refractivity contribution in [2.24, 2.45) is 0 Å². The molecule has 0 fully saturated rings. The van der Waals surface area contributed by atoms with Gasteiger partial charge in [-0.2, -0.15) is 0 Å². The highest BCUT2D eigenvalue weighted by Gasteiger charge is 2.06. The van der Waals surface area contributed by atoms with Crippen LogP contribution < -0.4 is 10.1 Å². The number of thiazole rings is 1. The van der Waals surface area contributed by atoms with Gasteiger partial charge in [-0.15, -0.1) is 11.3 Å². The van der Waals surface area contributed by atoms with Crippen molar-refractivity contribution in [1.82, 2.24) is 4.98 Å². The number of allylic oxidation sites excluding steroid dienone is 1. The van der Waals surface area contributed by atoms with Gasteiger partial charge in [-0.3, -0.25) is 4.79 Å². The number of carbonyl (C=O) groups is 1. The predicted molar refractivity (Wildman–Crippen MR) is 98.7 cm³/mol. The number of fused-ring (bicyclic) bond motifs is 1. The monoisotopic (exact) mass is 338 g/mol. The van der Waals surface area contributed by atoms with Crippen LogP contribution in [-0.2, 0) is 11.2 Å². The van der Waals surface area contributed by atoms with E-state index < -0.39 is 0 Å². The van der Waals surface area contributed by atoms with Crippen molar-refractivity contribution in [1.29, 1.82) is 0 Å². The fourth-order valence-electron chi connectivity index (χ4n) is 2.31. The second kappa shape index (κ2) is 7.75. The molecule has 3 rings (SSSR count). The first kappa shape index (κ1) is 16.2. The maximum atomic E-state index is 12.3. The van der Waals surface area contributed by atoms with Crippen LogP contribution in [0.1, 0.15) is 12.5 Å². The Morgan fingerprint density at radius 2 is 2.21 bits per heavy atom. The van der Waals surface area contributed by atoms with Crippen LogP contribution in [0.25, 0.3) is 10.2 Å². The zero-order valence-electron chi connectivity index (χ0n) is 13.4. The van der Waals surface area contributed by atoms with Gasteiger partial charge in [-0.25, -0.2) is 4.98 Å². The van der Waals surface area contributed by atoms with Gasteiger partial charge in [0, 0.05) is 5.69 Å². The summed E-state index contributed by atoms with van der Waals surface area (Å²) in [5.41, 5.74) is 4.46. The maximum Gasteiger partial charge on any atom is 0.228 e. The SMILES string of the molecule is CC=CCOc1cccc(CC(=O)Nc2ccc3ncsc3c2)c1. The average molecular weight is 338 g/mol. The number of nitrogens with one attached hydrogen (secondary N) is 1. The summed E-state index contributed by atoms with van der Waals surface area (Å²) in [6.45, 7) is 2.48. The Morgan fingerprint density at radius 3 is 3.08 bits per heavy atom. The fraction of sp³-hybridized carbons (Fsp3) is 0.158. The summed E-state index contributed by atoms with van der Waals surface area (Å²) in [5, 5.41) is 2.93. The van der Waals surface area contributed by atoms with E-state index in [9.17, 15) is 4.79 Å². The Hall–Kier alpha value is -2.66. The molecule has 0 unspecified atom stereocenters. The molecule has 1 N–H and O–H groups in total. The highest BCUT2D eigenvalue weighted by atomic mass is 32.1. The molecule has 0 radical (unpaired) electrons. The maximum absolute atomic E-state index is 12.3. The first-order chi connectivity index (χ1) is 11.7. The van der Waals surface area contributed by atoms with Crippen molar-refractivity contribution >= 4 is 33.1 Å². The summed E-state index contributed by atoms with van der Waals surface area (Å²) < 4.78 is 6.66. The Bertz CT molecular complexity index is 870. The van der Waals surface area contributed by atoms with Crippen LogP contribution in [0.4, 0.5) is 5.69 Å². The van der Waals surface area contributed by atoms with Gasteiger partial charge in [0.2, 0.25) is 5.91 Å². The predicted octanol–water partition coefficient (Wildman–Crippen LogP) is 4.43. The number of amides is 1. The zero-order chi connectivity index (χ0) is 16.8. The fourth-order valence-corrected chi connectivity index (χ4v) is 3.03. The lowest BCUT2D eigenvalue weighted by atomic mass is 10.1. The summed E-state index contributed by atoms with van der Waals surface area (Å²) in [6.07, 6.45) is 4.19. The summed E-state index contributed by atoms with van der Waals surface area (Å²) in [7, 11) is 0. The second-order valence-corrected chi connectivity index (χ2v) is 6.17. The van der Waals surface area contributed by atoms with Gasteiger partial charge < -0.3 is 10.1 Å². The number of anilines is 1. The first-order valence-electron chi connectivity index (χ1n) is 7.70. The van der Waals surface area contributed by atoms with Crippen LogP contribution in [0.2, 0.25) is 0 Å². The molecule has 5 heteroatoms. The molecule has 2 aromatic carbocycles. The average Bonchev–Trinajstić information content (AvgIpc) is 3.03. The van der Waals surface area contributed by atoms with Gasteiger partial charge >= 0.3 is 0 Å². The van der Waals surface area contributed by atoms with Gasteiger partial charge in [-0.05, 0) is 42.8 Å². The summed E-state index contributed by atoms with van der Waals surface area (Å²) >= 11 is 1.56. The van der Waals surface area contributed by atoms with Crippen LogP contribution in [-0.4, -0.2) is 17.5 Å². The normalized spacial score (nSPS) is 11.0. The number of benzene rings is 2. The van der Waals surface area contributed by atoms with E-state index >= 15 is 0 Å². The third kappa shape index (κ3) is 4.20. The molecule has 3 aromatic rings. The van der Waals surface area contributed by atoms with E-state index in [1.54, 1.807) is 16.8 Å². The molecular formula is C19H18N2O2S. The lowest BCUT2D eigenvalue weighted by Gasteiger charge is -2.08. The Kier molecular flexibility index (Phi) is 5.23. The van der Waals surface area contributed by atoms with Crippen molar-refractivity contribution in [2.45, 2.75) is 13.3 Å². The minimum atomic E-state index is -0.0514. The van der Waals surface area contributed by atoms with Crippen molar-refractivity contribution in [2.75, 3.05) is 11.9 Å². The molecule has 0 aliphatic rings. The van der Waals surface area contributed by atoms with E-state index in [-0.39, 0.29) is 5.91 Å². The van der Waals surface area contributed by atoms with E-state index in [0.29, 0.717) is 13.0 Å². The van der Waals surface area contributed by atoms with Crippen LogP contribution in [0.5, 0.6) is 5.75 Å². The van der Waals surface area contributed by atoms with Crippen LogP contribution in [0, 0.1) is 0 Å². The van der Waals surface area contributed by atoms with Crippen molar-refractivity contribution in [3.63, 3.8) is 0 Å². The molecule has 1 aromatic heterocycles. The molecule has 0 aliphatic carbocycles. The quantitative estimate of drug-likeness (QED) is 0.676. The van der Waals surface area contributed by atoms with Gasteiger partial charge in [0.1, 0.15) is 12.4 Å². The van der Waals surface area contributed by atoms with E-state index in [2.05, 4.69) is 10.3 Å². The number of rotatable bonds is 6. The van der Waals surface area contributed by atoms with Crippen molar-refractivity contribution in [3.8, 4) is 5.75 Å². The number of hydrogen-bond donors (Lipinski definition) is 1. The van der Waals surface area contributed by atoms with Gasteiger partial charge in [-0.1, -0.05) is 24.3 Å². The lowest BCUT2D eigenvalue weighted by Crippen LogP contribution is -2.14. The first-order valence-corrected chi connectivity index (χ1v) is 8.58. The van der Waals surface area contributed by atoms with Gasteiger partial charge in [0.25, 0.3) is 0 Å². The topological polar surface area (TPSA) is 51.2 Å². The number of hydrogen-bond acceptors (Lipinski definition) is 4. The smallest absolute Gasteiger partial charge is 0.228 e. The minimum Gasteiger partial charge on any atom is -0.490 e. The molecule has 0 aliphatic heterocycles. The number of nitrogens with zero attached hydrogens (tertiary/aromatic N) is 1. The lowest BCUT2D eigenvalue weighted by molar-refractivity contribution is -0.115. The zero-order valence-corrected chi connectivity index (χ0v) is 14.2. The summed E-state index contributed by atoms with van der Waals surface area (Å²) in [5.74, 6) is 0.717. The van der Waals surface area contributed by atoms with Crippen molar-refractivity contribution < 1.29 is 9.53 Å². The van der Waals surface area contributed by atoms with Gasteiger partial charge in [0.15, 0.2) is 0 Å². The van der Waals surface area contributed by atoms with E-state index in [1.165, 1.54) is 0 Å². The number of carbonyl (C=O) groups excluding carboxylic acids is 1. The Balaban J connectivity index is 1.62. The third-order valence-electron chi connectivity index (χ3n) is 3.46. The molecule has 1 amide bonds. The minimum absolute atomic E-state index is 0.0514. The molecule has 24 heavy (non-hydrogen) atoms. The summed E-state index contributed by atoms with van der Waals surface area (Å²) in [4.78, 5) is 16.5. The van der Waals surface area contributed by atoms with Crippen LogP contribution in [0.15, 0.2) is 60.1 Å². The van der Waals surface area contributed by atoms with E-state index in [0.717, 1.165) is 27.2 Å².